The Morgan fingerprint density at radius 2 is 0.661 bits per heavy atom. The van der Waals surface area contributed by atoms with E-state index < -0.39 is 0 Å². The van der Waals surface area contributed by atoms with E-state index in [0.29, 0.717) is 0 Å². The zero-order valence-corrected chi connectivity index (χ0v) is 34.1. The Kier molecular flexibility index (Phi) is 9.57. The Balaban J connectivity index is 1.08. The Bertz CT molecular complexity index is 3290. The monoisotopic (exact) mass is 790 g/mol. The van der Waals surface area contributed by atoms with Gasteiger partial charge in [-0.3, -0.25) is 0 Å². The highest BCUT2D eigenvalue weighted by Crippen LogP contribution is 2.47. The predicted octanol–water partition coefficient (Wildman–Crippen LogP) is 16.6. The molecule has 11 aromatic rings. The summed E-state index contributed by atoms with van der Waals surface area (Å²) in [5.74, 6) is 0. The molecule has 0 amide bonds. The molecule has 1 heterocycles. The van der Waals surface area contributed by atoms with Crippen LogP contribution in [0.1, 0.15) is 0 Å². The Hall–Kier alpha value is -8.20. The molecule has 0 aliphatic carbocycles. The van der Waals surface area contributed by atoms with Crippen LogP contribution < -0.4 is 4.90 Å². The van der Waals surface area contributed by atoms with Crippen molar-refractivity contribution >= 4 is 38.9 Å². The van der Waals surface area contributed by atoms with Crippen LogP contribution in [0, 0.1) is 0 Å². The minimum atomic E-state index is 1.09. The van der Waals surface area contributed by atoms with Gasteiger partial charge in [0.25, 0.3) is 0 Å². The summed E-state index contributed by atoms with van der Waals surface area (Å²) in [4.78, 5) is 2.46. The first-order valence-electron chi connectivity index (χ1n) is 21.3. The van der Waals surface area contributed by atoms with E-state index in [-0.39, 0.29) is 0 Å². The van der Waals surface area contributed by atoms with Crippen LogP contribution in [-0.4, -0.2) is 4.57 Å². The predicted molar refractivity (Wildman–Crippen MR) is 263 cm³/mol. The van der Waals surface area contributed by atoms with Crippen LogP contribution in [0.3, 0.4) is 0 Å². The molecule has 11 rings (SSSR count). The Labute approximate surface area is 362 Å². The van der Waals surface area contributed by atoms with Gasteiger partial charge >= 0.3 is 0 Å². The third-order valence-electron chi connectivity index (χ3n) is 12.0. The third kappa shape index (κ3) is 6.74. The van der Waals surface area contributed by atoms with E-state index in [4.69, 9.17) is 0 Å². The first kappa shape index (κ1) is 36.8. The summed E-state index contributed by atoms with van der Waals surface area (Å²) in [7, 11) is 0. The van der Waals surface area contributed by atoms with E-state index in [2.05, 4.69) is 264 Å². The fourth-order valence-corrected chi connectivity index (χ4v) is 9.09. The lowest BCUT2D eigenvalue weighted by Gasteiger charge is -2.29. The van der Waals surface area contributed by atoms with Gasteiger partial charge in [-0.25, -0.2) is 0 Å². The average Bonchev–Trinajstić information content (AvgIpc) is 3.70. The molecule has 10 aromatic carbocycles. The zero-order valence-electron chi connectivity index (χ0n) is 34.1. The SMILES string of the molecule is c1ccc(-c2ccc(-c3ccccc3N(c3ccc(-c4ccccc4)cc3)c3cccc4c3c3ccccc3n4-c3ccc(-c4ccccc4-c4ccccc4)cc3)cc2)cc1. The van der Waals surface area contributed by atoms with Crippen molar-refractivity contribution in [2.24, 2.45) is 0 Å². The van der Waals surface area contributed by atoms with Crippen molar-refractivity contribution < 1.29 is 0 Å². The molecule has 292 valence electrons. The van der Waals surface area contributed by atoms with Gasteiger partial charge in [-0.15, -0.1) is 0 Å². The fraction of sp³-hybridized carbons (Fsp3) is 0. The molecule has 0 unspecified atom stereocenters. The standard InChI is InChI=1S/C60H42N2/c1-4-17-43(18-5-1)45-31-33-49(34-32-45)54-25-12-14-27-56(54)61(50-39-35-46(36-40-50)44-19-6-2-7-20-44)58-29-16-30-59-60(58)55-26-13-15-28-57(55)62(59)51-41-37-48(38-42-51)53-24-11-10-23-52(53)47-21-8-3-9-22-47/h1-42H. The topological polar surface area (TPSA) is 8.17 Å². The van der Waals surface area contributed by atoms with Gasteiger partial charge in [0.1, 0.15) is 0 Å². The summed E-state index contributed by atoms with van der Waals surface area (Å²) in [6, 6.07) is 92.0. The van der Waals surface area contributed by atoms with E-state index in [1.54, 1.807) is 0 Å². The number of hydrogen-bond donors (Lipinski definition) is 0. The molecule has 0 aliphatic heterocycles. The number of rotatable bonds is 9. The molecule has 0 spiro atoms. The molecule has 62 heavy (non-hydrogen) atoms. The lowest BCUT2D eigenvalue weighted by atomic mass is 9.94. The van der Waals surface area contributed by atoms with Gasteiger partial charge in [-0.2, -0.15) is 0 Å². The lowest BCUT2D eigenvalue weighted by molar-refractivity contribution is 1.18. The van der Waals surface area contributed by atoms with Crippen molar-refractivity contribution in [1.29, 1.82) is 0 Å². The maximum absolute atomic E-state index is 2.46. The number of aromatic nitrogens is 1. The summed E-state index contributed by atoms with van der Waals surface area (Å²) in [6.07, 6.45) is 0. The summed E-state index contributed by atoms with van der Waals surface area (Å²) in [5.41, 5.74) is 18.7. The highest BCUT2D eigenvalue weighted by molar-refractivity contribution is 6.17. The van der Waals surface area contributed by atoms with E-state index >= 15 is 0 Å². The van der Waals surface area contributed by atoms with E-state index in [1.165, 1.54) is 55.3 Å². The number of fused-ring (bicyclic) bond motifs is 3. The van der Waals surface area contributed by atoms with Crippen molar-refractivity contribution in [3.63, 3.8) is 0 Å². The molecule has 0 radical (unpaired) electrons. The van der Waals surface area contributed by atoms with Crippen molar-refractivity contribution in [2.45, 2.75) is 0 Å². The summed E-state index contributed by atoms with van der Waals surface area (Å²) < 4.78 is 2.42. The van der Waals surface area contributed by atoms with Gasteiger partial charge in [0, 0.05) is 27.7 Å². The molecule has 1 aromatic heterocycles. The molecular weight excluding hydrogens is 749 g/mol. The van der Waals surface area contributed by atoms with Gasteiger partial charge in [-0.05, 0) is 98.6 Å². The van der Waals surface area contributed by atoms with Gasteiger partial charge in [0.15, 0.2) is 0 Å². The highest BCUT2D eigenvalue weighted by Gasteiger charge is 2.23. The van der Waals surface area contributed by atoms with Gasteiger partial charge < -0.3 is 9.47 Å². The largest absolute Gasteiger partial charge is 0.309 e. The molecule has 0 aliphatic rings. The smallest absolute Gasteiger partial charge is 0.0562 e. The minimum absolute atomic E-state index is 1.09. The van der Waals surface area contributed by atoms with Crippen LogP contribution in [-0.2, 0) is 0 Å². The summed E-state index contributed by atoms with van der Waals surface area (Å²) in [5, 5.41) is 2.40. The second kappa shape index (κ2) is 16.1. The second-order valence-corrected chi connectivity index (χ2v) is 15.7. The maximum atomic E-state index is 2.46. The van der Waals surface area contributed by atoms with Crippen LogP contribution in [0.4, 0.5) is 17.1 Å². The van der Waals surface area contributed by atoms with Crippen LogP contribution in [0.25, 0.3) is 83.1 Å². The van der Waals surface area contributed by atoms with Gasteiger partial charge in [0.05, 0.1) is 22.4 Å². The number of para-hydroxylation sites is 2. The average molecular weight is 791 g/mol. The number of anilines is 3. The Morgan fingerprint density at radius 3 is 1.29 bits per heavy atom. The highest BCUT2D eigenvalue weighted by atomic mass is 15.2. The minimum Gasteiger partial charge on any atom is -0.309 e. The van der Waals surface area contributed by atoms with Crippen molar-refractivity contribution in [3.8, 4) is 61.3 Å². The van der Waals surface area contributed by atoms with Crippen molar-refractivity contribution in [3.05, 3.63) is 255 Å². The van der Waals surface area contributed by atoms with E-state index in [0.717, 1.165) is 44.9 Å². The number of nitrogens with zero attached hydrogens (tertiary/aromatic N) is 2. The quantitative estimate of drug-likeness (QED) is 0.141. The lowest BCUT2D eigenvalue weighted by Crippen LogP contribution is -2.11. The Morgan fingerprint density at radius 1 is 0.258 bits per heavy atom. The first-order chi connectivity index (χ1) is 30.8. The van der Waals surface area contributed by atoms with E-state index in [9.17, 15) is 0 Å². The second-order valence-electron chi connectivity index (χ2n) is 15.7. The molecule has 0 saturated heterocycles. The molecule has 0 fully saturated rings. The van der Waals surface area contributed by atoms with Crippen LogP contribution in [0.15, 0.2) is 255 Å². The number of benzene rings is 10. The van der Waals surface area contributed by atoms with Crippen LogP contribution >= 0.6 is 0 Å². The van der Waals surface area contributed by atoms with Crippen molar-refractivity contribution in [1.82, 2.24) is 4.57 Å². The molecule has 2 heteroatoms. The molecule has 0 N–H and O–H groups in total. The van der Waals surface area contributed by atoms with Gasteiger partial charge in [0.2, 0.25) is 0 Å². The summed E-state index contributed by atoms with van der Waals surface area (Å²) in [6.45, 7) is 0. The molecule has 2 nitrogen and oxygen atoms in total. The molecular formula is C60H42N2. The fourth-order valence-electron chi connectivity index (χ4n) is 9.09. The number of hydrogen-bond acceptors (Lipinski definition) is 1. The molecule has 0 bridgehead atoms. The molecule has 0 saturated carbocycles. The van der Waals surface area contributed by atoms with E-state index in [1.807, 2.05) is 0 Å². The van der Waals surface area contributed by atoms with Crippen LogP contribution in [0.2, 0.25) is 0 Å². The third-order valence-corrected chi connectivity index (χ3v) is 12.0. The zero-order chi connectivity index (χ0) is 41.2. The maximum Gasteiger partial charge on any atom is 0.0562 e. The van der Waals surface area contributed by atoms with Crippen LogP contribution in [0.5, 0.6) is 0 Å². The van der Waals surface area contributed by atoms with Gasteiger partial charge in [-0.1, -0.05) is 206 Å². The summed E-state index contributed by atoms with van der Waals surface area (Å²) >= 11 is 0. The normalized spacial score (nSPS) is 11.2. The molecule has 0 atom stereocenters. The van der Waals surface area contributed by atoms with Crippen molar-refractivity contribution in [2.75, 3.05) is 4.90 Å². The first-order valence-corrected chi connectivity index (χ1v) is 21.3.